The van der Waals surface area contributed by atoms with Crippen LogP contribution in [0.3, 0.4) is 0 Å². The third-order valence-corrected chi connectivity index (χ3v) is 1.39. The van der Waals surface area contributed by atoms with E-state index in [4.69, 9.17) is 4.74 Å². The van der Waals surface area contributed by atoms with Crippen LogP contribution in [-0.4, -0.2) is 12.1 Å². The molecule has 0 heterocycles. The third kappa shape index (κ3) is 4.78. The fourth-order valence-electron chi connectivity index (χ4n) is 0.751. The van der Waals surface area contributed by atoms with E-state index in [2.05, 4.69) is 0 Å². The fourth-order valence-corrected chi connectivity index (χ4v) is 0.751. The number of ether oxygens (including phenoxy) is 1. The van der Waals surface area contributed by atoms with E-state index in [0.717, 1.165) is 0 Å². The van der Waals surface area contributed by atoms with Gasteiger partial charge >= 0.3 is 51.4 Å². The normalized spacial score (nSPS) is 11.2. The van der Waals surface area contributed by atoms with E-state index in [1.165, 1.54) is 6.92 Å². The van der Waals surface area contributed by atoms with Gasteiger partial charge in [0.2, 0.25) is 0 Å². The molecular weight excluding hydrogens is 195 g/mol. The van der Waals surface area contributed by atoms with Crippen molar-refractivity contribution in [3.63, 3.8) is 0 Å². The minimum atomic E-state index is -1.21. The van der Waals surface area contributed by atoms with Crippen molar-refractivity contribution in [2.24, 2.45) is 0 Å². The molecule has 0 aliphatic carbocycles. The molecule has 4 heteroatoms. The molecule has 1 unspecified atom stereocenters. The number of para-hydroxylation sites is 1. The summed E-state index contributed by atoms with van der Waals surface area (Å²) in [5, 5.41) is 10.3. The number of carboxylic acids is 1. The van der Waals surface area contributed by atoms with Crippen LogP contribution in [-0.2, 0) is 4.79 Å². The van der Waals surface area contributed by atoms with Crippen LogP contribution in [0.15, 0.2) is 30.3 Å². The summed E-state index contributed by atoms with van der Waals surface area (Å²) in [5.74, 6) is -0.673. The molecule has 64 valence electrons. The molecule has 0 saturated carbocycles. The van der Waals surface area contributed by atoms with E-state index < -0.39 is 12.1 Å². The van der Waals surface area contributed by atoms with Gasteiger partial charge in [0, 0.05) is 0 Å². The maximum absolute atomic E-state index is 10.3. The van der Waals surface area contributed by atoms with Gasteiger partial charge in [-0.3, -0.25) is 0 Å². The second kappa shape index (κ2) is 6.56. The molecule has 0 aliphatic rings. The summed E-state index contributed by atoms with van der Waals surface area (Å²) < 4.78 is 5.01. The van der Waals surface area contributed by atoms with Gasteiger partial charge in [-0.15, -0.1) is 0 Å². The molecule has 1 aromatic carbocycles. The Hall–Kier alpha value is 0.126. The summed E-state index contributed by atoms with van der Waals surface area (Å²) in [6.45, 7) is 1.43. The topological polar surface area (TPSA) is 49.4 Å². The van der Waals surface area contributed by atoms with Gasteiger partial charge in [0.15, 0.2) is 0 Å². The molecular formula is C9H9KO3. The molecule has 0 fully saturated rings. The quantitative estimate of drug-likeness (QED) is 0.500. The van der Waals surface area contributed by atoms with Crippen molar-refractivity contribution < 1.29 is 66.0 Å². The minimum absolute atomic E-state index is 0. The first kappa shape index (κ1) is 13.1. The van der Waals surface area contributed by atoms with Crippen LogP contribution in [0.5, 0.6) is 5.75 Å². The molecule has 0 aromatic heterocycles. The smallest absolute Gasteiger partial charge is 0.546 e. The molecule has 13 heavy (non-hydrogen) atoms. The number of hydrogen-bond acceptors (Lipinski definition) is 3. The Labute approximate surface area is 120 Å². The van der Waals surface area contributed by atoms with Crippen LogP contribution in [0.1, 0.15) is 6.92 Å². The number of hydrogen-bond donors (Lipinski definition) is 0. The van der Waals surface area contributed by atoms with Gasteiger partial charge in [-0.2, -0.15) is 0 Å². The van der Waals surface area contributed by atoms with Crippen LogP contribution in [0, 0.1) is 0 Å². The van der Waals surface area contributed by atoms with E-state index in [9.17, 15) is 9.90 Å². The van der Waals surface area contributed by atoms with E-state index >= 15 is 0 Å². The number of benzene rings is 1. The first-order chi connectivity index (χ1) is 5.70. The Morgan fingerprint density at radius 1 is 1.38 bits per heavy atom. The van der Waals surface area contributed by atoms with Crippen molar-refractivity contribution >= 4 is 5.97 Å². The summed E-state index contributed by atoms with van der Waals surface area (Å²) in [5.41, 5.74) is 0. The van der Waals surface area contributed by atoms with E-state index in [1.54, 1.807) is 24.3 Å². The standard InChI is InChI=1S/C9H10O3.K/c1-7(9(10)11)12-8-5-3-2-4-6-8;/h2-7H,1H3,(H,10,11);/q;+1/p-1. The van der Waals surface area contributed by atoms with E-state index in [1.807, 2.05) is 6.07 Å². The van der Waals surface area contributed by atoms with Gasteiger partial charge in [0.1, 0.15) is 11.9 Å². The summed E-state index contributed by atoms with van der Waals surface area (Å²) in [6.07, 6.45) is -0.910. The second-order valence-corrected chi connectivity index (χ2v) is 2.39. The average molecular weight is 204 g/mol. The Bertz CT molecular complexity index is 261. The molecule has 1 aromatic rings. The van der Waals surface area contributed by atoms with Crippen LogP contribution >= 0.6 is 0 Å². The predicted octanol–water partition coefficient (Wildman–Crippen LogP) is -2.79. The SMILES string of the molecule is CC(Oc1ccccc1)C(=O)[O-].[K+]. The van der Waals surface area contributed by atoms with Gasteiger partial charge in [-0.05, 0) is 19.1 Å². The van der Waals surface area contributed by atoms with Crippen LogP contribution < -0.4 is 61.2 Å². The molecule has 1 atom stereocenters. The molecule has 3 nitrogen and oxygen atoms in total. The summed E-state index contributed by atoms with van der Waals surface area (Å²) in [6, 6.07) is 8.77. The first-order valence-electron chi connectivity index (χ1n) is 3.62. The van der Waals surface area contributed by atoms with Crippen molar-refractivity contribution in [1.29, 1.82) is 0 Å². The predicted molar refractivity (Wildman–Crippen MR) is 41.5 cm³/mol. The maximum Gasteiger partial charge on any atom is 1.00 e. The number of carbonyl (C=O) groups excluding carboxylic acids is 1. The molecule has 0 spiro atoms. The third-order valence-electron chi connectivity index (χ3n) is 1.39. The Morgan fingerprint density at radius 3 is 2.38 bits per heavy atom. The largest absolute Gasteiger partial charge is 1.00 e. The summed E-state index contributed by atoms with van der Waals surface area (Å²) in [4.78, 5) is 10.3. The van der Waals surface area contributed by atoms with Crippen LogP contribution in [0.2, 0.25) is 0 Å². The van der Waals surface area contributed by atoms with Crippen molar-refractivity contribution in [3.8, 4) is 5.75 Å². The first-order valence-corrected chi connectivity index (χ1v) is 3.62. The minimum Gasteiger partial charge on any atom is -0.546 e. The second-order valence-electron chi connectivity index (χ2n) is 2.39. The summed E-state index contributed by atoms with van der Waals surface area (Å²) in [7, 11) is 0. The number of carboxylic acid groups (broad SMARTS) is 1. The molecule has 0 saturated heterocycles. The van der Waals surface area contributed by atoms with Gasteiger partial charge in [0.25, 0.3) is 0 Å². The van der Waals surface area contributed by atoms with Crippen molar-refractivity contribution in [2.75, 3.05) is 0 Å². The van der Waals surface area contributed by atoms with Crippen molar-refractivity contribution in [2.45, 2.75) is 13.0 Å². The van der Waals surface area contributed by atoms with Gasteiger partial charge < -0.3 is 14.6 Å². The van der Waals surface area contributed by atoms with Gasteiger partial charge in [-0.25, -0.2) is 0 Å². The van der Waals surface area contributed by atoms with E-state index in [-0.39, 0.29) is 51.4 Å². The Morgan fingerprint density at radius 2 is 1.92 bits per heavy atom. The molecule has 0 bridgehead atoms. The molecule has 0 N–H and O–H groups in total. The molecule has 1 rings (SSSR count). The zero-order valence-corrected chi connectivity index (χ0v) is 10.8. The Kier molecular flexibility index (Phi) is 6.62. The Balaban J connectivity index is 0.00000144. The average Bonchev–Trinajstić information content (AvgIpc) is 2.06. The van der Waals surface area contributed by atoms with Crippen molar-refractivity contribution in [1.82, 2.24) is 0 Å². The zero-order valence-electron chi connectivity index (χ0n) is 7.69. The van der Waals surface area contributed by atoms with Crippen molar-refractivity contribution in [3.05, 3.63) is 30.3 Å². The number of carbonyl (C=O) groups is 1. The molecule has 0 radical (unpaired) electrons. The summed E-state index contributed by atoms with van der Waals surface area (Å²) >= 11 is 0. The fraction of sp³-hybridized carbons (Fsp3) is 0.222. The maximum atomic E-state index is 10.3. The van der Waals surface area contributed by atoms with E-state index in [0.29, 0.717) is 5.75 Å². The van der Waals surface area contributed by atoms with Gasteiger partial charge in [0.05, 0.1) is 5.97 Å². The van der Waals surface area contributed by atoms with Crippen LogP contribution in [0.4, 0.5) is 0 Å². The van der Waals surface area contributed by atoms with Crippen LogP contribution in [0.25, 0.3) is 0 Å². The van der Waals surface area contributed by atoms with Gasteiger partial charge in [-0.1, -0.05) is 18.2 Å². The monoisotopic (exact) mass is 204 g/mol. The number of aliphatic carboxylic acids is 1. The number of rotatable bonds is 3. The molecule has 0 amide bonds. The molecule has 0 aliphatic heterocycles. The zero-order chi connectivity index (χ0) is 8.97.